The van der Waals surface area contributed by atoms with Crippen LogP contribution in [0.5, 0.6) is 0 Å². The molecule has 2 heterocycles. The van der Waals surface area contributed by atoms with Crippen molar-refractivity contribution < 1.29 is 0 Å². The Morgan fingerprint density at radius 3 is 2.60 bits per heavy atom. The summed E-state index contributed by atoms with van der Waals surface area (Å²) < 4.78 is 1.20. The molecule has 0 saturated heterocycles. The highest BCUT2D eigenvalue weighted by Gasteiger charge is 2.14. The van der Waals surface area contributed by atoms with Gasteiger partial charge in [0.25, 0.3) is 0 Å². The quantitative estimate of drug-likeness (QED) is 0.595. The van der Waals surface area contributed by atoms with Crippen LogP contribution >= 0.6 is 0 Å². The van der Waals surface area contributed by atoms with E-state index in [1.165, 1.54) is 10.6 Å². The molecule has 15 heavy (non-hydrogen) atoms. The molecule has 0 spiro atoms. The van der Waals surface area contributed by atoms with Crippen LogP contribution in [0.4, 0.5) is 11.6 Å². The molecule has 2 aromatic heterocycles. The van der Waals surface area contributed by atoms with Gasteiger partial charge in [-0.25, -0.2) is 9.50 Å². The maximum atomic E-state index is 8.90. The number of nitriles is 2. The highest BCUT2D eigenvalue weighted by atomic mass is 15.3. The minimum Gasteiger partial charge on any atom is -0.382 e. The standard InChI is InChI=1S/C8H5N7/c9-2-4-5(3-10)15-7(13-8(4)12)1-6(11)14-15/h1H,(H2,11,14)(H2,12,13). The van der Waals surface area contributed by atoms with Crippen LogP contribution in [-0.2, 0) is 0 Å². The largest absolute Gasteiger partial charge is 0.382 e. The van der Waals surface area contributed by atoms with Crippen LogP contribution in [0.2, 0.25) is 0 Å². The van der Waals surface area contributed by atoms with Crippen molar-refractivity contribution in [2.45, 2.75) is 0 Å². The first-order chi connectivity index (χ1) is 7.17. The Morgan fingerprint density at radius 2 is 2.00 bits per heavy atom. The molecule has 4 N–H and O–H groups in total. The van der Waals surface area contributed by atoms with Gasteiger partial charge < -0.3 is 11.5 Å². The molecule has 0 aliphatic heterocycles. The average molecular weight is 199 g/mol. The van der Waals surface area contributed by atoms with Gasteiger partial charge in [-0.3, -0.25) is 0 Å². The van der Waals surface area contributed by atoms with Gasteiger partial charge in [0.15, 0.2) is 11.3 Å². The van der Waals surface area contributed by atoms with Crippen LogP contribution in [0.3, 0.4) is 0 Å². The number of rotatable bonds is 0. The zero-order valence-corrected chi connectivity index (χ0v) is 7.47. The number of hydrogen-bond acceptors (Lipinski definition) is 6. The van der Waals surface area contributed by atoms with E-state index < -0.39 is 0 Å². The van der Waals surface area contributed by atoms with E-state index in [0.717, 1.165) is 0 Å². The van der Waals surface area contributed by atoms with Crippen molar-refractivity contribution in [3.05, 3.63) is 17.3 Å². The maximum Gasteiger partial charge on any atom is 0.166 e. The molecule has 2 aromatic rings. The Labute approximate surface area is 84.2 Å². The zero-order valence-electron chi connectivity index (χ0n) is 7.47. The van der Waals surface area contributed by atoms with Crippen molar-refractivity contribution in [2.75, 3.05) is 11.5 Å². The van der Waals surface area contributed by atoms with E-state index in [0.29, 0.717) is 5.65 Å². The van der Waals surface area contributed by atoms with E-state index in [4.69, 9.17) is 22.0 Å². The molecule has 0 saturated carbocycles. The zero-order chi connectivity index (χ0) is 11.0. The second-order valence-corrected chi connectivity index (χ2v) is 2.78. The number of anilines is 2. The molecule has 0 aliphatic rings. The minimum atomic E-state index is 0.00134. The van der Waals surface area contributed by atoms with Crippen LogP contribution in [0.25, 0.3) is 5.65 Å². The number of hydrogen-bond donors (Lipinski definition) is 2. The van der Waals surface area contributed by atoms with Crippen LogP contribution < -0.4 is 11.5 Å². The molecule has 0 aliphatic carbocycles. The van der Waals surface area contributed by atoms with E-state index in [1.807, 2.05) is 6.07 Å². The molecule has 0 aromatic carbocycles. The highest BCUT2D eigenvalue weighted by molar-refractivity contribution is 5.62. The van der Waals surface area contributed by atoms with Gasteiger partial charge in [0.05, 0.1) is 0 Å². The summed E-state index contributed by atoms with van der Waals surface area (Å²) in [5, 5.41) is 21.5. The SMILES string of the molecule is N#Cc1c(N)nc2cc(N)nn2c1C#N. The molecule has 0 radical (unpaired) electrons. The molecule has 0 bridgehead atoms. The second-order valence-electron chi connectivity index (χ2n) is 2.78. The summed E-state index contributed by atoms with van der Waals surface area (Å²) in [6.45, 7) is 0. The highest BCUT2D eigenvalue weighted by Crippen LogP contribution is 2.16. The third-order valence-corrected chi connectivity index (χ3v) is 1.87. The Bertz CT molecular complexity index is 625. The summed E-state index contributed by atoms with van der Waals surface area (Å²) in [6.07, 6.45) is 0. The van der Waals surface area contributed by atoms with E-state index in [9.17, 15) is 0 Å². The third-order valence-electron chi connectivity index (χ3n) is 1.87. The first kappa shape index (κ1) is 8.78. The fourth-order valence-electron chi connectivity index (χ4n) is 1.25. The predicted molar refractivity (Wildman–Crippen MR) is 51.2 cm³/mol. The van der Waals surface area contributed by atoms with Gasteiger partial charge in [0, 0.05) is 6.07 Å². The second kappa shape index (κ2) is 2.86. The molecule has 0 atom stereocenters. The molecular weight excluding hydrogens is 194 g/mol. The number of nitrogen functional groups attached to an aromatic ring is 2. The average Bonchev–Trinajstić information content (AvgIpc) is 2.55. The van der Waals surface area contributed by atoms with Gasteiger partial charge in [-0.2, -0.15) is 10.5 Å². The number of nitrogens with two attached hydrogens (primary N) is 2. The lowest BCUT2D eigenvalue weighted by molar-refractivity contribution is 0.923. The Balaban J connectivity index is 3.00. The van der Waals surface area contributed by atoms with Crippen LogP contribution in [-0.4, -0.2) is 14.6 Å². The number of aromatic nitrogens is 3. The lowest BCUT2D eigenvalue weighted by Gasteiger charge is -2.00. The Hall–Kier alpha value is -2.80. The Morgan fingerprint density at radius 1 is 1.27 bits per heavy atom. The fourth-order valence-corrected chi connectivity index (χ4v) is 1.25. The lowest BCUT2D eigenvalue weighted by atomic mass is 10.2. The van der Waals surface area contributed by atoms with Crippen molar-refractivity contribution in [1.29, 1.82) is 10.5 Å². The lowest BCUT2D eigenvalue weighted by Crippen LogP contribution is -2.05. The minimum absolute atomic E-state index is 0.00134. The summed E-state index contributed by atoms with van der Waals surface area (Å²) in [7, 11) is 0. The third kappa shape index (κ3) is 1.11. The molecule has 0 amide bonds. The Kier molecular flexibility index (Phi) is 1.67. The van der Waals surface area contributed by atoms with Crippen molar-refractivity contribution in [3.63, 3.8) is 0 Å². The van der Waals surface area contributed by atoms with Crippen LogP contribution in [0, 0.1) is 22.7 Å². The van der Waals surface area contributed by atoms with Gasteiger partial charge in [-0.05, 0) is 0 Å². The number of fused-ring (bicyclic) bond motifs is 1. The first-order valence-electron chi connectivity index (χ1n) is 3.92. The first-order valence-corrected chi connectivity index (χ1v) is 3.92. The number of nitrogens with zero attached hydrogens (tertiary/aromatic N) is 5. The molecule has 2 rings (SSSR count). The molecular formula is C8H5N7. The maximum absolute atomic E-state index is 8.90. The van der Waals surface area contributed by atoms with Crippen molar-refractivity contribution in [1.82, 2.24) is 14.6 Å². The summed E-state index contributed by atoms with van der Waals surface area (Å²) in [4.78, 5) is 3.90. The monoisotopic (exact) mass is 199 g/mol. The van der Waals surface area contributed by atoms with Crippen LogP contribution in [0.1, 0.15) is 11.3 Å². The molecule has 0 unspecified atom stereocenters. The van der Waals surface area contributed by atoms with E-state index in [2.05, 4.69) is 10.1 Å². The summed E-state index contributed by atoms with van der Waals surface area (Å²) in [5.41, 5.74) is 11.4. The summed E-state index contributed by atoms with van der Waals surface area (Å²) in [5.74, 6) is 0.218. The molecule has 0 fully saturated rings. The van der Waals surface area contributed by atoms with Gasteiger partial charge in [-0.1, -0.05) is 0 Å². The van der Waals surface area contributed by atoms with Crippen molar-refractivity contribution in [3.8, 4) is 12.1 Å². The van der Waals surface area contributed by atoms with Gasteiger partial charge >= 0.3 is 0 Å². The topological polar surface area (TPSA) is 130 Å². The van der Waals surface area contributed by atoms with E-state index >= 15 is 0 Å². The van der Waals surface area contributed by atoms with E-state index in [1.54, 1.807) is 6.07 Å². The normalized spacial score (nSPS) is 9.73. The predicted octanol–water partition coefficient (Wildman–Crippen LogP) is -0.363. The van der Waals surface area contributed by atoms with Crippen LogP contribution in [0.15, 0.2) is 6.07 Å². The molecule has 72 valence electrons. The summed E-state index contributed by atoms with van der Waals surface area (Å²) in [6, 6.07) is 5.12. The van der Waals surface area contributed by atoms with E-state index in [-0.39, 0.29) is 22.9 Å². The van der Waals surface area contributed by atoms with Gasteiger partial charge in [-0.15, -0.1) is 5.10 Å². The van der Waals surface area contributed by atoms with Crippen molar-refractivity contribution >= 4 is 17.3 Å². The van der Waals surface area contributed by atoms with Crippen molar-refractivity contribution in [2.24, 2.45) is 0 Å². The smallest absolute Gasteiger partial charge is 0.166 e. The van der Waals surface area contributed by atoms with Gasteiger partial charge in [0.2, 0.25) is 0 Å². The fraction of sp³-hybridized carbons (Fsp3) is 0. The molecule has 7 heteroatoms. The molecule has 7 nitrogen and oxygen atoms in total. The summed E-state index contributed by atoms with van der Waals surface area (Å²) >= 11 is 0. The van der Waals surface area contributed by atoms with Gasteiger partial charge in [0.1, 0.15) is 29.3 Å².